The Morgan fingerprint density at radius 2 is 2.11 bits per heavy atom. The Labute approximate surface area is 109 Å². The molecule has 0 aromatic heterocycles. The molecule has 2 heterocycles. The van der Waals surface area contributed by atoms with Crippen molar-refractivity contribution in [1.82, 2.24) is 10.2 Å². The van der Waals surface area contributed by atoms with Crippen molar-refractivity contribution in [2.45, 2.75) is 25.7 Å². The van der Waals surface area contributed by atoms with Crippen LogP contribution in [0.2, 0.25) is 0 Å². The number of rotatable bonds is 4. The summed E-state index contributed by atoms with van der Waals surface area (Å²) in [5, 5.41) is 3.41. The van der Waals surface area contributed by atoms with Gasteiger partial charge in [0, 0.05) is 25.6 Å². The molecule has 2 aliphatic heterocycles. The Kier molecular flexibility index (Phi) is 3.32. The van der Waals surface area contributed by atoms with Gasteiger partial charge in [0.25, 0.3) is 0 Å². The van der Waals surface area contributed by atoms with Crippen LogP contribution in [0, 0.1) is 17.3 Å². The van der Waals surface area contributed by atoms with Crippen molar-refractivity contribution < 1.29 is 9.53 Å². The molecule has 102 valence electrons. The molecule has 4 nitrogen and oxygen atoms in total. The van der Waals surface area contributed by atoms with Gasteiger partial charge in [0.1, 0.15) is 0 Å². The number of nitrogens with one attached hydrogen (secondary N) is 1. The summed E-state index contributed by atoms with van der Waals surface area (Å²) in [6, 6.07) is 0. The zero-order valence-corrected chi connectivity index (χ0v) is 11.3. The first-order valence-corrected chi connectivity index (χ1v) is 7.24. The van der Waals surface area contributed by atoms with E-state index >= 15 is 0 Å². The van der Waals surface area contributed by atoms with Gasteiger partial charge in [0.05, 0.1) is 12.5 Å². The summed E-state index contributed by atoms with van der Waals surface area (Å²) < 4.78 is 5.32. The van der Waals surface area contributed by atoms with Gasteiger partial charge in [-0.05, 0) is 44.7 Å². The third-order valence-electron chi connectivity index (χ3n) is 4.96. The van der Waals surface area contributed by atoms with Crippen molar-refractivity contribution in [3.8, 4) is 0 Å². The van der Waals surface area contributed by atoms with Gasteiger partial charge in [0.15, 0.2) is 0 Å². The van der Waals surface area contributed by atoms with Gasteiger partial charge in [0.2, 0.25) is 5.91 Å². The number of ether oxygens (including phenoxy) is 1. The molecule has 3 aliphatic rings. The number of carbonyl (C=O) groups is 1. The van der Waals surface area contributed by atoms with Gasteiger partial charge in [-0.3, -0.25) is 4.79 Å². The first-order valence-electron chi connectivity index (χ1n) is 7.24. The van der Waals surface area contributed by atoms with Crippen molar-refractivity contribution in [3.05, 3.63) is 0 Å². The Morgan fingerprint density at radius 1 is 1.39 bits per heavy atom. The molecule has 1 saturated carbocycles. The van der Waals surface area contributed by atoms with Gasteiger partial charge in [-0.1, -0.05) is 0 Å². The number of amides is 1. The Morgan fingerprint density at radius 3 is 2.72 bits per heavy atom. The summed E-state index contributed by atoms with van der Waals surface area (Å²) in [6.07, 6.45) is 4.86. The number of hydrogen-bond acceptors (Lipinski definition) is 3. The SMILES string of the molecule is COCC1C(=O)N(CC2CC2)CC12CCNCC2. The monoisotopic (exact) mass is 252 g/mol. The fourth-order valence-electron chi connectivity index (χ4n) is 3.66. The van der Waals surface area contributed by atoms with E-state index in [2.05, 4.69) is 10.2 Å². The lowest BCUT2D eigenvalue weighted by Crippen LogP contribution is -2.43. The second kappa shape index (κ2) is 4.82. The molecule has 1 amide bonds. The highest BCUT2D eigenvalue weighted by molar-refractivity contribution is 5.82. The number of hydrogen-bond donors (Lipinski definition) is 1. The summed E-state index contributed by atoms with van der Waals surface area (Å²) in [6.45, 7) is 4.65. The molecule has 4 heteroatoms. The third-order valence-corrected chi connectivity index (χ3v) is 4.96. The Bertz CT molecular complexity index is 322. The summed E-state index contributed by atoms with van der Waals surface area (Å²) in [5.41, 5.74) is 0.188. The molecule has 1 aliphatic carbocycles. The van der Waals surface area contributed by atoms with Crippen LogP contribution in [-0.4, -0.2) is 50.7 Å². The fraction of sp³-hybridized carbons (Fsp3) is 0.929. The average Bonchev–Trinajstić information content (AvgIpc) is 3.15. The summed E-state index contributed by atoms with van der Waals surface area (Å²) >= 11 is 0. The predicted octanol–water partition coefficient (Wildman–Crippen LogP) is 0.871. The number of likely N-dealkylation sites (tertiary alicyclic amines) is 1. The standard InChI is InChI=1S/C14H24N2O2/c1-18-9-12-13(17)16(8-11-2-3-11)10-14(12)4-6-15-7-5-14/h11-12,15H,2-10H2,1H3. The van der Waals surface area contributed by atoms with E-state index in [4.69, 9.17) is 4.74 Å². The molecular weight excluding hydrogens is 228 g/mol. The average molecular weight is 252 g/mol. The van der Waals surface area contributed by atoms with E-state index in [1.54, 1.807) is 7.11 Å². The number of nitrogens with zero attached hydrogens (tertiary/aromatic N) is 1. The van der Waals surface area contributed by atoms with Crippen molar-refractivity contribution in [3.63, 3.8) is 0 Å². The topological polar surface area (TPSA) is 41.6 Å². The molecule has 1 atom stereocenters. The third kappa shape index (κ3) is 2.16. The molecule has 3 fully saturated rings. The predicted molar refractivity (Wildman–Crippen MR) is 69.2 cm³/mol. The van der Waals surface area contributed by atoms with Crippen LogP contribution in [0.3, 0.4) is 0 Å². The highest BCUT2D eigenvalue weighted by Gasteiger charge is 2.52. The van der Waals surface area contributed by atoms with E-state index in [0.717, 1.165) is 44.9 Å². The number of methoxy groups -OCH3 is 1. The van der Waals surface area contributed by atoms with E-state index in [9.17, 15) is 4.79 Å². The highest BCUT2D eigenvalue weighted by atomic mass is 16.5. The number of carbonyl (C=O) groups excluding carboxylic acids is 1. The van der Waals surface area contributed by atoms with E-state index in [-0.39, 0.29) is 11.3 Å². The molecule has 0 aromatic carbocycles. The minimum absolute atomic E-state index is 0.100. The summed E-state index contributed by atoms with van der Waals surface area (Å²) in [5.74, 6) is 1.24. The van der Waals surface area contributed by atoms with Crippen LogP contribution in [0.25, 0.3) is 0 Å². The van der Waals surface area contributed by atoms with E-state index in [1.807, 2.05) is 0 Å². The fourth-order valence-corrected chi connectivity index (χ4v) is 3.66. The first kappa shape index (κ1) is 12.4. The van der Waals surface area contributed by atoms with Crippen molar-refractivity contribution in [1.29, 1.82) is 0 Å². The zero-order chi connectivity index (χ0) is 12.6. The van der Waals surface area contributed by atoms with E-state index in [1.165, 1.54) is 12.8 Å². The van der Waals surface area contributed by atoms with Crippen molar-refractivity contribution >= 4 is 5.91 Å². The lowest BCUT2D eigenvalue weighted by Gasteiger charge is -2.37. The maximum atomic E-state index is 12.6. The molecule has 0 aromatic rings. The molecule has 1 unspecified atom stereocenters. The molecule has 2 saturated heterocycles. The van der Waals surface area contributed by atoms with Crippen LogP contribution in [0.4, 0.5) is 0 Å². The van der Waals surface area contributed by atoms with Gasteiger partial charge < -0.3 is 15.0 Å². The van der Waals surface area contributed by atoms with Gasteiger partial charge in [-0.25, -0.2) is 0 Å². The molecule has 1 N–H and O–H groups in total. The highest BCUT2D eigenvalue weighted by Crippen LogP contribution is 2.45. The van der Waals surface area contributed by atoms with Crippen molar-refractivity contribution in [2.75, 3.05) is 39.9 Å². The van der Waals surface area contributed by atoms with Crippen LogP contribution >= 0.6 is 0 Å². The largest absolute Gasteiger partial charge is 0.384 e. The molecule has 3 rings (SSSR count). The molecule has 0 radical (unpaired) electrons. The molecule has 1 spiro atoms. The maximum Gasteiger partial charge on any atom is 0.228 e. The quantitative estimate of drug-likeness (QED) is 0.807. The van der Waals surface area contributed by atoms with Crippen LogP contribution in [0.1, 0.15) is 25.7 Å². The summed E-state index contributed by atoms with van der Waals surface area (Å²) in [4.78, 5) is 14.7. The molecule has 18 heavy (non-hydrogen) atoms. The minimum Gasteiger partial charge on any atom is -0.384 e. The maximum absolute atomic E-state index is 12.6. The van der Waals surface area contributed by atoms with Crippen LogP contribution in [0.5, 0.6) is 0 Å². The second-order valence-corrected chi connectivity index (χ2v) is 6.28. The second-order valence-electron chi connectivity index (χ2n) is 6.28. The zero-order valence-electron chi connectivity index (χ0n) is 11.3. The van der Waals surface area contributed by atoms with Crippen LogP contribution in [-0.2, 0) is 9.53 Å². The van der Waals surface area contributed by atoms with Gasteiger partial charge in [-0.15, -0.1) is 0 Å². The van der Waals surface area contributed by atoms with E-state index in [0.29, 0.717) is 12.5 Å². The lowest BCUT2D eigenvalue weighted by molar-refractivity contribution is -0.133. The van der Waals surface area contributed by atoms with E-state index < -0.39 is 0 Å². The Balaban J connectivity index is 1.75. The summed E-state index contributed by atoms with van der Waals surface area (Å²) in [7, 11) is 1.71. The first-order chi connectivity index (χ1) is 8.75. The van der Waals surface area contributed by atoms with Crippen molar-refractivity contribution in [2.24, 2.45) is 17.3 Å². The van der Waals surface area contributed by atoms with Crippen LogP contribution < -0.4 is 5.32 Å². The lowest BCUT2D eigenvalue weighted by atomic mass is 9.71. The van der Waals surface area contributed by atoms with Gasteiger partial charge >= 0.3 is 0 Å². The normalized spacial score (nSPS) is 31.3. The smallest absolute Gasteiger partial charge is 0.228 e. The van der Waals surface area contributed by atoms with Gasteiger partial charge in [-0.2, -0.15) is 0 Å². The number of piperidine rings is 1. The van der Waals surface area contributed by atoms with Crippen LogP contribution in [0.15, 0.2) is 0 Å². The Hall–Kier alpha value is -0.610. The molecular formula is C14H24N2O2. The molecule has 0 bridgehead atoms. The minimum atomic E-state index is 0.100.